The highest BCUT2D eigenvalue weighted by molar-refractivity contribution is 5.76. The summed E-state index contributed by atoms with van der Waals surface area (Å²) in [5, 5.41) is 0. The van der Waals surface area contributed by atoms with Gasteiger partial charge in [0.15, 0.2) is 0 Å². The fourth-order valence-corrected chi connectivity index (χ4v) is 4.21. The fraction of sp³-hybridized carbons (Fsp3) is 0.500. The van der Waals surface area contributed by atoms with Crippen LogP contribution in [0.3, 0.4) is 0 Å². The van der Waals surface area contributed by atoms with Crippen LogP contribution in [0.2, 0.25) is 0 Å². The number of carbonyl (C=O) groups is 1. The summed E-state index contributed by atoms with van der Waals surface area (Å²) in [7, 11) is 3.85. The molecule has 1 saturated heterocycles. The monoisotopic (exact) mass is 398 g/mol. The van der Waals surface area contributed by atoms with E-state index in [2.05, 4.69) is 4.98 Å². The molecule has 1 spiro atoms. The van der Waals surface area contributed by atoms with Crippen LogP contribution in [0, 0.1) is 5.82 Å². The number of hydrogen-bond acceptors (Lipinski definition) is 5. The minimum absolute atomic E-state index is 0.0656. The second kappa shape index (κ2) is 8.06. The third kappa shape index (κ3) is 3.96. The van der Waals surface area contributed by atoms with Crippen molar-refractivity contribution in [2.75, 3.05) is 38.7 Å². The molecule has 7 heteroatoms. The van der Waals surface area contributed by atoms with Crippen molar-refractivity contribution < 1.29 is 13.9 Å². The van der Waals surface area contributed by atoms with Crippen LogP contribution in [0.15, 0.2) is 30.5 Å². The zero-order chi connectivity index (χ0) is 20.4. The maximum absolute atomic E-state index is 13.8. The lowest BCUT2D eigenvalue weighted by Crippen LogP contribution is -2.49. The third-order valence-corrected chi connectivity index (χ3v) is 5.92. The van der Waals surface area contributed by atoms with Crippen LogP contribution in [0.4, 0.5) is 10.3 Å². The summed E-state index contributed by atoms with van der Waals surface area (Å²) in [6.45, 7) is 1.90. The van der Waals surface area contributed by atoms with Gasteiger partial charge in [0.05, 0.1) is 12.3 Å². The molecule has 1 fully saturated rings. The van der Waals surface area contributed by atoms with E-state index in [4.69, 9.17) is 9.72 Å². The maximum Gasteiger partial charge on any atom is 0.225 e. The number of anilines is 1. The maximum atomic E-state index is 13.8. The summed E-state index contributed by atoms with van der Waals surface area (Å²) in [6.07, 6.45) is 4.90. The average Bonchev–Trinajstić information content (AvgIpc) is 2.73. The number of amides is 1. The Balaban J connectivity index is 1.42. The number of fused-ring (bicyclic) bond motifs is 2. The van der Waals surface area contributed by atoms with Gasteiger partial charge in [0, 0.05) is 39.8 Å². The normalized spacial score (nSPS) is 17.8. The molecule has 29 heavy (non-hydrogen) atoms. The van der Waals surface area contributed by atoms with E-state index in [0.717, 1.165) is 30.5 Å². The summed E-state index contributed by atoms with van der Waals surface area (Å²) in [6, 6.07) is 6.64. The van der Waals surface area contributed by atoms with Gasteiger partial charge in [-0.2, -0.15) is 0 Å². The number of rotatable bonds is 4. The van der Waals surface area contributed by atoms with Crippen LogP contribution in [-0.2, 0) is 28.0 Å². The van der Waals surface area contributed by atoms with Gasteiger partial charge in [0.1, 0.15) is 11.4 Å². The first-order chi connectivity index (χ1) is 14.0. The Labute approximate surface area is 170 Å². The van der Waals surface area contributed by atoms with E-state index < -0.39 is 5.60 Å². The van der Waals surface area contributed by atoms with Gasteiger partial charge in [0.25, 0.3) is 0 Å². The predicted molar refractivity (Wildman–Crippen MR) is 108 cm³/mol. The van der Waals surface area contributed by atoms with E-state index in [1.165, 1.54) is 6.07 Å². The smallest absolute Gasteiger partial charge is 0.225 e. The van der Waals surface area contributed by atoms with Crippen LogP contribution in [0.25, 0.3) is 0 Å². The SMILES string of the molecule is CN(C)c1ncc2c(n1)C1(CCN(C(=O)CCc3ccccc3F)CC1)OCC2. The summed E-state index contributed by atoms with van der Waals surface area (Å²) >= 11 is 0. The minimum atomic E-state index is -0.441. The molecule has 2 aliphatic rings. The molecule has 2 aromatic rings. The molecule has 6 nitrogen and oxygen atoms in total. The lowest BCUT2D eigenvalue weighted by molar-refractivity contribution is -0.141. The highest BCUT2D eigenvalue weighted by Crippen LogP contribution is 2.40. The molecule has 1 aromatic carbocycles. The Kier molecular flexibility index (Phi) is 5.50. The first-order valence-electron chi connectivity index (χ1n) is 10.2. The summed E-state index contributed by atoms with van der Waals surface area (Å²) < 4.78 is 20.0. The number of likely N-dealkylation sites (tertiary alicyclic amines) is 1. The number of halogens is 1. The number of ether oxygens (including phenoxy) is 1. The molecule has 154 valence electrons. The van der Waals surface area contributed by atoms with Gasteiger partial charge in [-0.3, -0.25) is 4.79 Å². The minimum Gasteiger partial charge on any atom is -0.368 e. The molecule has 1 aromatic heterocycles. The van der Waals surface area contributed by atoms with Gasteiger partial charge in [-0.15, -0.1) is 0 Å². The van der Waals surface area contributed by atoms with Gasteiger partial charge in [-0.1, -0.05) is 18.2 Å². The molecule has 0 saturated carbocycles. The number of nitrogens with zero attached hydrogens (tertiary/aromatic N) is 4. The van der Waals surface area contributed by atoms with Crippen molar-refractivity contribution in [1.82, 2.24) is 14.9 Å². The first-order valence-corrected chi connectivity index (χ1v) is 10.2. The van der Waals surface area contributed by atoms with E-state index in [9.17, 15) is 9.18 Å². The van der Waals surface area contributed by atoms with Crippen molar-refractivity contribution in [3.8, 4) is 0 Å². The highest BCUT2D eigenvalue weighted by Gasteiger charge is 2.43. The highest BCUT2D eigenvalue weighted by atomic mass is 19.1. The van der Waals surface area contributed by atoms with E-state index in [0.29, 0.717) is 44.0 Å². The van der Waals surface area contributed by atoms with Gasteiger partial charge in [0.2, 0.25) is 11.9 Å². The predicted octanol–water partition coefficient (Wildman–Crippen LogP) is 2.70. The number of benzene rings is 1. The molecule has 3 heterocycles. The lowest BCUT2D eigenvalue weighted by atomic mass is 9.83. The number of aromatic nitrogens is 2. The van der Waals surface area contributed by atoms with Crippen molar-refractivity contribution in [2.24, 2.45) is 0 Å². The van der Waals surface area contributed by atoms with Gasteiger partial charge >= 0.3 is 0 Å². The molecule has 0 radical (unpaired) electrons. The summed E-state index contributed by atoms with van der Waals surface area (Å²) in [5.74, 6) is 0.495. The quantitative estimate of drug-likeness (QED) is 0.793. The molecule has 2 aliphatic heterocycles. The zero-order valence-corrected chi connectivity index (χ0v) is 17.0. The summed E-state index contributed by atoms with van der Waals surface area (Å²) in [5.41, 5.74) is 2.26. The van der Waals surface area contributed by atoms with E-state index >= 15 is 0 Å². The number of carbonyl (C=O) groups excluding carboxylic acids is 1. The average molecular weight is 398 g/mol. The second-order valence-corrected chi connectivity index (χ2v) is 8.00. The Bertz CT molecular complexity index is 894. The molecule has 0 N–H and O–H groups in total. The second-order valence-electron chi connectivity index (χ2n) is 8.00. The number of piperidine rings is 1. The number of aryl methyl sites for hydroxylation is 1. The van der Waals surface area contributed by atoms with E-state index in [-0.39, 0.29) is 11.7 Å². The Morgan fingerprint density at radius 1 is 1.28 bits per heavy atom. The van der Waals surface area contributed by atoms with Crippen LogP contribution in [0.1, 0.15) is 36.1 Å². The zero-order valence-electron chi connectivity index (χ0n) is 17.0. The van der Waals surface area contributed by atoms with E-state index in [1.807, 2.05) is 30.1 Å². The molecule has 0 unspecified atom stereocenters. The Morgan fingerprint density at radius 2 is 2.03 bits per heavy atom. The molecule has 0 atom stereocenters. The molecular formula is C22H27FN4O2. The number of hydrogen-bond donors (Lipinski definition) is 0. The molecule has 0 aliphatic carbocycles. The topological polar surface area (TPSA) is 58.6 Å². The van der Waals surface area contributed by atoms with Crippen LogP contribution >= 0.6 is 0 Å². The van der Waals surface area contributed by atoms with Gasteiger partial charge in [-0.05, 0) is 42.9 Å². The summed E-state index contributed by atoms with van der Waals surface area (Å²) in [4.78, 5) is 25.7. The Morgan fingerprint density at radius 3 is 2.76 bits per heavy atom. The lowest BCUT2D eigenvalue weighted by Gasteiger charge is -2.44. The third-order valence-electron chi connectivity index (χ3n) is 5.92. The van der Waals surface area contributed by atoms with Crippen LogP contribution in [0.5, 0.6) is 0 Å². The fourth-order valence-electron chi connectivity index (χ4n) is 4.21. The van der Waals surface area contributed by atoms with Crippen LogP contribution < -0.4 is 4.90 Å². The van der Waals surface area contributed by atoms with Crippen molar-refractivity contribution >= 4 is 11.9 Å². The van der Waals surface area contributed by atoms with Gasteiger partial charge in [-0.25, -0.2) is 14.4 Å². The van der Waals surface area contributed by atoms with Crippen molar-refractivity contribution in [1.29, 1.82) is 0 Å². The van der Waals surface area contributed by atoms with Crippen molar-refractivity contribution in [3.63, 3.8) is 0 Å². The Hall–Kier alpha value is -2.54. The largest absolute Gasteiger partial charge is 0.368 e. The molecule has 0 bridgehead atoms. The van der Waals surface area contributed by atoms with Crippen molar-refractivity contribution in [2.45, 2.75) is 37.7 Å². The molecular weight excluding hydrogens is 371 g/mol. The van der Waals surface area contributed by atoms with E-state index in [1.54, 1.807) is 18.2 Å². The molecule has 1 amide bonds. The molecule has 4 rings (SSSR count). The van der Waals surface area contributed by atoms with Gasteiger partial charge < -0.3 is 14.5 Å². The van der Waals surface area contributed by atoms with Crippen molar-refractivity contribution in [3.05, 3.63) is 53.1 Å². The standard InChI is InChI=1S/C22H27FN4O2/c1-26(2)21-24-15-17-9-14-29-22(20(17)25-21)10-12-27(13-11-22)19(28)8-7-16-5-3-4-6-18(16)23/h3-6,15H,7-14H2,1-2H3. The van der Waals surface area contributed by atoms with Crippen LogP contribution in [-0.4, -0.2) is 54.6 Å². The first kappa shape index (κ1) is 19.8.